The van der Waals surface area contributed by atoms with E-state index < -0.39 is 17.9 Å². The van der Waals surface area contributed by atoms with Crippen molar-refractivity contribution in [3.8, 4) is 0 Å². The summed E-state index contributed by atoms with van der Waals surface area (Å²) in [7, 11) is 0. The first-order valence-corrected chi connectivity index (χ1v) is 8.62. The van der Waals surface area contributed by atoms with E-state index in [4.69, 9.17) is 10.2 Å². The van der Waals surface area contributed by atoms with Crippen LogP contribution in [0.3, 0.4) is 0 Å². The van der Waals surface area contributed by atoms with Crippen molar-refractivity contribution in [1.29, 1.82) is 0 Å². The molecule has 134 valence electrons. The Morgan fingerprint density at radius 3 is 2.37 bits per heavy atom. The van der Waals surface area contributed by atoms with Crippen molar-refractivity contribution in [3.05, 3.63) is 83.6 Å². The maximum atomic E-state index is 12.8. The molecule has 1 heterocycles. The zero-order valence-corrected chi connectivity index (χ0v) is 14.7. The number of carbonyl (C=O) groups excluding carboxylic acids is 2. The third kappa shape index (κ3) is 2.93. The number of nitrogens with one attached hydrogen (secondary N) is 1. The number of hydrogen-bond donors (Lipinski definition) is 2. The van der Waals surface area contributed by atoms with E-state index in [0.29, 0.717) is 11.1 Å². The van der Waals surface area contributed by atoms with E-state index in [9.17, 15) is 9.59 Å². The maximum absolute atomic E-state index is 12.8. The van der Waals surface area contributed by atoms with Crippen molar-refractivity contribution in [2.24, 2.45) is 5.73 Å². The highest BCUT2D eigenvalue weighted by molar-refractivity contribution is 6.09. The maximum Gasteiger partial charge on any atom is 0.288 e. The molecule has 0 saturated carbocycles. The quantitative estimate of drug-likeness (QED) is 0.581. The van der Waals surface area contributed by atoms with Crippen LogP contribution in [0.25, 0.3) is 21.7 Å². The Morgan fingerprint density at radius 1 is 0.926 bits per heavy atom. The van der Waals surface area contributed by atoms with Crippen LogP contribution < -0.4 is 11.1 Å². The predicted octanol–water partition coefficient (Wildman–Crippen LogP) is 3.85. The van der Waals surface area contributed by atoms with Crippen LogP contribution in [0.2, 0.25) is 0 Å². The standard InChI is InChI=1S/C22H18N2O3/c1-13-16-12-11-14-7-5-6-10-17(14)20(16)27-19(13)22(26)24-18(21(23)25)15-8-3-2-4-9-15/h2-12,18H,1H3,(H2,23,25)(H,24,26)/t18-/m1/s1. The van der Waals surface area contributed by atoms with Crippen molar-refractivity contribution < 1.29 is 14.0 Å². The molecule has 3 N–H and O–H groups in total. The first-order chi connectivity index (χ1) is 13.1. The molecule has 5 nitrogen and oxygen atoms in total. The lowest BCUT2D eigenvalue weighted by molar-refractivity contribution is -0.120. The Balaban J connectivity index is 1.75. The molecule has 0 radical (unpaired) electrons. The molecule has 4 rings (SSSR count). The van der Waals surface area contributed by atoms with Gasteiger partial charge in [-0.25, -0.2) is 0 Å². The van der Waals surface area contributed by atoms with E-state index in [2.05, 4.69) is 5.32 Å². The van der Waals surface area contributed by atoms with Crippen LogP contribution in [0.1, 0.15) is 27.7 Å². The number of aryl methyl sites for hydroxylation is 1. The average molecular weight is 358 g/mol. The van der Waals surface area contributed by atoms with E-state index in [0.717, 1.165) is 21.7 Å². The molecule has 0 spiro atoms. The summed E-state index contributed by atoms with van der Waals surface area (Å²) in [6.45, 7) is 1.83. The lowest BCUT2D eigenvalue weighted by Gasteiger charge is -2.15. The van der Waals surface area contributed by atoms with Crippen LogP contribution in [-0.2, 0) is 4.79 Å². The number of furan rings is 1. The van der Waals surface area contributed by atoms with Crippen molar-refractivity contribution in [1.82, 2.24) is 5.32 Å². The van der Waals surface area contributed by atoms with Crippen molar-refractivity contribution >= 4 is 33.6 Å². The number of fused-ring (bicyclic) bond motifs is 3. The van der Waals surface area contributed by atoms with Crippen LogP contribution in [0.4, 0.5) is 0 Å². The second-order valence-electron chi connectivity index (χ2n) is 6.44. The first kappa shape index (κ1) is 16.8. The van der Waals surface area contributed by atoms with Gasteiger partial charge in [0.15, 0.2) is 5.76 Å². The fourth-order valence-electron chi connectivity index (χ4n) is 3.33. The highest BCUT2D eigenvalue weighted by atomic mass is 16.3. The van der Waals surface area contributed by atoms with Gasteiger partial charge in [-0.3, -0.25) is 9.59 Å². The molecule has 27 heavy (non-hydrogen) atoms. The molecule has 2 amide bonds. The van der Waals surface area contributed by atoms with Crippen LogP contribution in [0, 0.1) is 6.92 Å². The Bertz CT molecular complexity index is 1160. The Morgan fingerprint density at radius 2 is 1.63 bits per heavy atom. The number of nitrogens with two attached hydrogens (primary N) is 1. The summed E-state index contributed by atoms with van der Waals surface area (Å²) in [6.07, 6.45) is 0. The van der Waals surface area contributed by atoms with Gasteiger partial charge in [0, 0.05) is 16.3 Å². The summed E-state index contributed by atoms with van der Waals surface area (Å²) in [5, 5.41) is 5.53. The molecule has 0 bridgehead atoms. The number of primary amides is 1. The van der Waals surface area contributed by atoms with Gasteiger partial charge in [0.2, 0.25) is 5.91 Å². The minimum Gasteiger partial charge on any atom is -0.450 e. The number of hydrogen-bond acceptors (Lipinski definition) is 3. The minimum atomic E-state index is -0.928. The molecule has 0 aliphatic rings. The van der Waals surface area contributed by atoms with Gasteiger partial charge in [-0.15, -0.1) is 0 Å². The van der Waals surface area contributed by atoms with E-state index in [1.807, 2.05) is 49.4 Å². The molecule has 0 aliphatic heterocycles. The molecule has 1 aromatic heterocycles. The summed E-state index contributed by atoms with van der Waals surface area (Å²) >= 11 is 0. The number of amides is 2. The highest BCUT2D eigenvalue weighted by Gasteiger charge is 2.25. The predicted molar refractivity (Wildman–Crippen MR) is 104 cm³/mol. The van der Waals surface area contributed by atoms with E-state index in [1.165, 1.54) is 0 Å². The lowest BCUT2D eigenvalue weighted by atomic mass is 10.0. The average Bonchev–Trinajstić information content (AvgIpc) is 3.03. The monoisotopic (exact) mass is 358 g/mol. The molecule has 0 saturated heterocycles. The van der Waals surface area contributed by atoms with Crippen LogP contribution in [-0.4, -0.2) is 11.8 Å². The number of carbonyl (C=O) groups is 2. The van der Waals surface area contributed by atoms with Gasteiger partial charge in [0.05, 0.1) is 0 Å². The van der Waals surface area contributed by atoms with Crippen molar-refractivity contribution in [2.75, 3.05) is 0 Å². The third-order valence-corrected chi connectivity index (χ3v) is 4.73. The molecule has 1 atom stereocenters. The van der Waals surface area contributed by atoms with Crippen LogP contribution in [0.5, 0.6) is 0 Å². The Kier molecular flexibility index (Phi) is 4.12. The van der Waals surface area contributed by atoms with Gasteiger partial charge in [0.1, 0.15) is 11.6 Å². The van der Waals surface area contributed by atoms with Gasteiger partial charge >= 0.3 is 0 Å². The summed E-state index contributed by atoms with van der Waals surface area (Å²) in [5.41, 5.74) is 7.51. The fraction of sp³-hybridized carbons (Fsp3) is 0.0909. The summed E-state index contributed by atoms with van der Waals surface area (Å²) in [4.78, 5) is 24.7. The Hall–Kier alpha value is -3.60. The third-order valence-electron chi connectivity index (χ3n) is 4.73. The Labute approximate surface area is 155 Å². The van der Waals surface area contributed by atoms with E-state index in [1.54, 1.807) is 24.3 Å². The summed E-state index contributed by atoms with van der Waals surface area (Å²) < 4.78 is 5.93. The zero-order chi connectivity index (χ0) is 19.0. The largest absolute Gasteiger partial charge is 0.450 e. The van der Waals surface area contributed by atoms with Gasteiger partial charge < -0.3 is 15.5 Å². The topological polar surface area (TPSA) is 85.3 Å². The van der Waals surface area contributed by atoms with Gasteiger partial charge in [-0.05, 0) is 17.9 Å². The molecule has 3 aromatic carbocycles. The SMILES string of the molecule is Cc1c(C(=O)N[C@@H](C(N)=O)c2ccccc2)oc2c1ccc1ccccc12. The van der Waals surface area contributed by atoms with Crippen LogP contribution >= 0.6 is 0 Å². The summed E-state index contributed by atoms with van der Waals surface area (Å²) in [5.74, 6) is -0.919. The molecule has 0 unspecified atom stereocenters. The van der Waals surface area contributed by atoms with E-state index in [-0.39, 0.29) is 5.76 Å². The highest BCUT2D eigenvalue weighted by Crippen LogP contribution is 2.32. The molecule has 4 aromatic rings. The summed E-state index contributed by atoms with van der Waals surface area (Å²) in [6, 6.07) is 19.7. The number of rotatable bonds is 4. The number of benzene rings is 3. The normalized spacial score (nSPS) is 12.2. The minimum absolute atomic E-state index is 0.184. The van der Waals surface area contributed by atoms with Gasteiger partial charge in [-0.1, -0.05) is 66.7 Å². The molecular formula is C22H18N2O3. The molecule has 0 fully saturated rings. The zero-order valence-electron chi connectivity index (χ0n) is 14.7. The first-order valence-electron chi connectivity index (χ1n) is 8.62. The molecule has 5 heteroatoms. The lowest BCUT2D eigenvalue weighted by Crippen LogP contribution is -2.37. The fourth-order valence-corrected chi connectivity index (χ4v) is 3.33. The van der Waals surface area contributed by atoms with Crippen LogP contribution in [0.15, 0.2) is 71.1 Å². The smallest absolute Gasteiger partial charge is 0.288 e. The van der Waals surface area contributed by atoms with Gasteiger partial charge in [-0.2, -0.15) is 0 Å². The van der Waals surface area contributed by atoms with Crippen molar-refractivity contribution in [3.63, 3.8) is 0 Å². The molecule has 0 aliphatic carbocycles. The van der Waals surface area contributed by atoms with E-state index >= 15 is 0 Å². The van der Waals surface area contributed by atoms with Crippen molar-refractivity contribution in [2.45, 2.75) is 13.0 Å². The second-order valence-corrected chi connectivity index (χ2v) is 6.44. The van der Waals surface area contributed by atoms with Gasteiger partial charge in [0.25, 0.3) is 5.91 Å². The second kappa shape index (κ2) is 6.61. The molecular weight excluding hydrogens is 340 g/mol.